The SMILES string of the molecule is O=C1CN(C(=O)c2cnccn2)C[C@H](OCc2ccccc2)CN1CC1CCOCC1. The third-order valence-electron chi connectivity index (χ3n) is 5.74. The van der Waals surface area contributed by atoms with E-state index in [1.54, 1.807) is 0 Å². The fourth-order valence-corrected chi connectivity index (χ4v) is 4.02. The molecule has 0 radical (unpaired) electrons. The Hall–Kier alpha value is -2.84. The maximum absolute atomic E-state index is 13.1. The molecule has 2 saturated heterocycles. The molecule has 0 saturated carbocycles. The monoisotopic (exact) mass is 424 g/mol. The van der Waals surface area contributed by atoms with Crippen LogP contribution in [0.1, 0.15) is 28.9 Å². The van der Waals surface area contributed by atoms with Crippen LogP contribution in [0, 0.1) is 5.92 Å². The smallest absolute Gasteiger partial charge is 0.274 e. The first-order valence-electron chi connectivity index (χ1n) is 10.8. The average molecular weight is 425 g/mol. The molecule has 0 unspecified atom stereocenters. The van der Waals surface area contributed by atoms with Gasteiger partial charge in [0.25, 0.3) is 5.91 Å². The van der Waals surface area contributed by atoms with Crippen molar-refractivity contribution in [1.29, 1.82) is 0 Å². The van der Waals surface area contributed by atoms with Gasteiger partial charge >= 0.3 is 0 Å². The summed E-state index contributed by atoms with van der Waals surface area (Å²) in [6, 6.07) is 9.91. The summed E-state index contributed by atoms with van der Waals surface area (Å²) < 4.78 is 11.6. The van der Waals surface area contributed by atoms with E-state index >= 15 is 0 Å². The minimum atomic E-state index is -0.303. The molecule has 0 aliphatic carbocycles. The van der Waals surface area contributed by atoms with Gasteiger partial charge in [-0.2, -0.15) is 0 Å². The Kier molecular flexibility index (Phi) is 7.22. The fraction of sp³-hybridized carbons (Fsp3) is 0.478. The lowest BCUT2D eigenvalue weighted by atomic mass is 9.99. The number of hydrogen-bond acceptors (Lipinski definition) is 6. The van der Waals surface area contributed by atoms with Gasteiger partial charge in [-0.05, 0) is 24.3 Å². The zero-order valence-corrected chi connectivity index (χ0v) is 17.6. The number of benzene rings is 1. The Labute approximate surface area is 182 Å². The molecule has 0 bridgehead atoms. The third-order valence-corrected chi connectivity index (χ3v) is 5.74. The number of carbonyl (C=O) groups excluding carboxylic acids is 2. The Morgan fingerprint density at radius 3 is 2.68 bits per heavy atom. The zero-order valence-electron chi connectivity index (χ0n) is 17.6. The van der Waals surface area contributed by atoms with Crippen LogP contribution in [-0.4, -0.2) is 77.1 Å². The molecule has 2 amide bonds. The van der Waals surface area contributed by atoms with Gasteiger partial charge in [-0.1, -0.05) is 30.3 Å². The molecule has 8 nitrogen and oxygen atoms in total. The first-order chi connectivity index (χ1) is 15.2. The van der Waals surface area contributed by atoms with Gasteiger partial charge in [-0.25, -0.2) is 4.98 Å². The molecule has 31 heavy (non-hydrogen) atoms. The van der Waals surface area contributed by atoms with Crippen molar-refractivity contribution < 1.29 is 19.1 Å². The molecule has 8 heteroatoms. The molecular formula is C23H28N4O4. The minimum absolute atomic E-state index is 0.0177. The summed E-state index contributed by atoms with van der Waals surface area (Å²) >= 11 is 0. The number of hydrogen-bond donors (Lipinski definition) is 0. The third kappa shape index (κ3) is 5.86. The van der Waals surface area contributed by atoms with Gasteiger partial charge in [0.05, 0.1) is 18.9 Å². The second-order valence-electron chi connectivity index (χ2n) is 8.05. The van der Waals surface area contributed by atoms with Gasteiger partial charge in [0.15, 0.2) is 0 Å². The topological polar surface area (TPSA) is 84.9 Å². The number of rotatable bonds is 6. The molecule has 2 aromatic rings. The summed E-state index contributed by atoms with van der Waals surface area (Å²) in [5, 5.41) is 0. The van der Waals surface area contributed by atoms with Crippen LogP contribution in [0.3, 0.4) is 0 Å². The highest BCUT2D eigenvalue weighted by molar-refractivity contribution is 5.95. The average Bonchev–Trinajstić information content (AvgIpc) is 2.98. The van der Waals surface area contributed by atoms with E-state index in [0.29, 0.717) is 32.2 Å². The van der Waals surface area contributed by atoms with Crippen molar-refractivity contribution in [1.82, 2.24) is 19.8 Å². The predicted molar refractivity (Wildman–Crippen MR) is 113 cm³/mol. The second-order valence-corrected chi connectivity index (χ2v) is 8.05. The van der Waals surface area contributed by atoms with Crippen molar-refractivity contribution in [2.45, 2.75) is 25.6 Å². The quantitative estimate of drug-likeness (QED) is 0.703. The van der Waals surface area contributed by atoms with Crippen LogP contribution in [0.2, 0.25) is 0 Å². The molecule has 0 spiro atoms. The molecule has 2 fully saturated rings. The van der Waals surface area contributed by atoms with Crippen molar-refractivity contribution in [3.05, 3.63) is 60.2 Å². The summed E-state index contributed by atoms with van der Waals surface area (Å²) in [5.74, 6) is 0.0481. The van der Waals surface area contributed by atoms with Gasteiger partial charge in [-0.15, -0.1) is 0 Å². The normalized spacial score (nSPS) is 20.5. The van der Waals surface area contributed by atoms with E-state index < -0.39 is 0 Å². The first-order valence-corrected chi connectivity index (χ1v) is 10.8. The number of carbonyl (C=O) groups is 2. The van der Waals surface area contributed by atoms with Crippen LogP contribution < -0.4 is 0 Å². The number of ether oxygens (including phenoxy) is 2. The molecule has 1 aromatic heterocycles. The van der Waals surface area contributed by atoms with Crippen LogP contribution in [0.5, 0.6) is 0 Å². The molecule has 3 heterocycles. The predicted octanol–water partition coefficient (Wildman–Crippen LogP) is 1.77. The van der Waals surface area contributed by atoms with Crippen LogP contribution in [0.4, 0.5) is 0 Å². The highest BCUT2D eigenvalue weighted by Gasteiger charge is 2.33. The van der Waals surface area contributed by atoms with Gasteiger partial charge in [-0.3, -0.25) is 14.6 Å². The van der Waals surface area contributed by atoms with Crippen molar-refractivity contribution in [2.24, 2.45) is 5.92 Å². The Morgan fingerprint density at radius 2 is 1.94 bits per heavy atom. The van der Waals surface area contributed by atoms with Crippen LogP contribution in [-0.2, 0) is 20.9 Å². The molecule has 1 aromatic carbocycles. The zero-order chi connectivity index (χ0) is 21.5. The fourth-order valence-electron chi connectivity index (χ4n) is 4.02. The molecule has 0 N–H and O–H groups in total. The number of nitrogens with zero attached hydrogens (tertiary/aromatic N) is 4. The largest absolute Gasteiger partial charge is 0.381 e. The number of aromatic nitrogens is 2. The summed E-state index contributed by atoms with van der Waals surface area (Å²) in [5.41, 5.74) is 1.29. The second kappa shape index (κ2) is 10.5. The standard InChI is InChI=1S/C23H28N4O4/c28-22-16-27(23(29)21-12-24-8-9-25-21)15-20(31-17-19-4-2-1-3-5-19)14-26(22)13-18-6-10-30-11-7-18/h1-5,8-9,12,18,20H,6-7,10-11,13-17H2/t20-/m1/s1. The van der Waals surface area contributed by atoms with Gasteiger partial charge in [0, 0.05) is 45.2 Å². The van der Waals surface area contributed by atoms with E-state index in [-0.39, 0.29) is 30.2 Å². The highest BCUT2D eigenvalue weighted by atomic mass is 16.5. The van der Waals surface area contributed by atoms with Crippen molar-refractivity contribution in [3.8, 4) is 0 Å². The highest BCUT2D eigenvalue weighted by Crippen LogP contribution is 2.19. The van der Waals surface area contributed by atoms with Gasteiger partial charge in [0.1, 0.15) is 12.2 Å². The molecule has 164 valence electrons. The maximum atomic E-state index is 13.1. The lowest BCUT2D eigenvalue weighted by molar-refractivity contribution is -0.132. The van der Waals surface area contributed by atoms with Gasteiger partial charge < -0.3 is 19.3 Å². The summed E-state index contributed by atoms with van der Waals surface area (Å²) in [4.78, 5) is 37.5. The van der Waals surface area contributed by atoms with Gasteiger partial charge in [0.2, 0.25) is 5.91 Å². The minimum Gasteiger partial charge on any atom is -0.381 e. The van der Waals surface area contributed by atoms with Crippen molar-refractivity contribution in [3.63, 3.8) is 0 Å². The van der Waals surface area contributed by atoms with E-state index in [9.17, 15) is 9.59 Å². The molecule has 4 rings (SSSR count). The van der Waals surface area contributed by atoms with Crippen LogP contribution in [0.15, 0.2) is 48.9 Å². The summed E-state index contributed by atoms with van der Waals surface area (Å²) in [7, 11) is 0. The van der Waals surface area contributed by atoms with E-state index in [4.69, 9.17) is 9.47 Å². The Balaban J connectivity index is 1.48. The summed E-state index contributed by atoms with van der Waals surface area (Å²) in [6.07, 6.45) is 6.03. The van der Waals surface area contributed by atoms with Crippen LogP contribution >= 0.6 is 0 Å². The Bertz CT molecular complexity index is 858. The number of amides is 2. The maximum Gasteiger partial charge on any atom is 0.274 e. The molecule has 2 aliphatic heterocycles. The van der Waals surface area contributed by atoms with Crippen molar-refractivity contribution >= 4 is 11.8 Å². The van der Waals surface area contributed by atoms with E-state index in [1.807, 2.05) is 35.2 Å². The lowest BCUT2D eigenvalue weighted by Gasteiger charge is -2.30. The molecule has 1 atom stereocenters. The first kappa shape index (κ1) is 21.4. The van der Waals surface area contributed by atoms with Crippen molar-refractivity contribution in [2.75, 3.05) is 39.4 Å². The molecular weight excluding hydrogens is 396 g/mol. The summed E-state index contributed by atoms with van der Waals surface area (Å²) in [6.45, 7) is 3.38. The van der Waals surface area contributed by atoms with Crippen LogP contribution in [0.25, 0.3) is 0 Å². The van der Waals surface area contributed by atoms with E-state index in [2.05, 4.69) is 9.97 Å². The lowest BCUT2D eigenvalue weighted by Crippen LogP contribution is -2.42. The Morgan fingerprint density at radius 1 is 1.13 bits per heavy atom. The van der Waals surface area contributed by atoms with E-state index in [1.165, 1.54) is 23.5 Å². The van der Waals surface area contributed by atoms with E-state index in [0.717, 1.165) is 31.6 Å². The molecule has 2 aliphatic rings.